The number of hydrogen-bond acceptors (Lipinski definition) is 5. The summed E-state index contributed by atoms with van der Waals surface area (Å²) in [6, 6.07) is 0.254. The molecule has 1 N–H and O–H groups in total. The summed E-state index contributed by atoms with van der Waals surface area (Å²) >= 11 is 0. The fourth-order valence-electron chi connectivity index (χ4n) is 2.89. The maximum Gasteiger partial charge on any atom is 0.265 e. The van der Waals surface area contributed by atoms with Gasteiger partial charge in [-0.15, -0.1) is 0 Å². The van der Waals surface area contributed by atoms with Crippen LogP contribution in [-0.4, -0.2) is 41.2 Å². The number of rotatable bonds is 4. The second-order valence-corrected chi connectivity index (χ2v) is 7.40. The summed E-state index contributed by atoms with van der Waals surface area (Å²) in [5, 5.41) is 8.44. The molecule has 0 spiro atoms. The molecule has 8 nitrogen and oxygen atoms in total. The highest BCUT2D eigenvalue weighted by Gasteiger charge is 2.25. The lowest BCUT2D eigenvalue weighted by Gasteiger charge is -2.22. The third kappa shape index (κ3) is 3.11. The molecule has 1 saturated heterocycles. The van der Waals surface area contributed by atoms with E-state index in [0.29, 0.717) is 30.3 Å². The highest BCUT2D eigenvalue weighted by atomic mass is 32.2. The van der Waals surface area contributed by atoms with Crippen LogP contribution < -0.4 is 4.72 Å². The van der Waals surface area contributed by atoms with E-state index in [1.165, 1.54) is 6.20 Å². The van der Waals surface area contributed by atoms with Gasteiger partial charge in [-0.1, -0.05) is 0 Å². The highest BCUT2D eigenvalue weighted by molar-refractivity contribution is 7.92. The van der Waals surface area contributed by atoms with E-state index in [9.17, 15) is 8.42 Å². The Bertz CT molecular complexity index is 802. The van der Waals surface area contributed by atoms with Gasteiger partial charge in [-0.2, -0.15) is 10.2 Å². The van der Waals surface area contributed by atoms with Crippen LogP contribution in [0.25, 0.3) is 0 Å². The standard InChI is InChI=1S/C14H21N5O3S/c1-10-14(11(2)18(3)16-10)23(20,21)17-12-8-15-19(9-12)13-4-6-22-7-5-13/h8-9,13,17H,4-7H2,1-3H3. The second kappa shape index (κ2) is 5.97. The van der Waals surface area contributed by atoms with Crippen LogP contribution in [0.15, 0.2) is 17.3 Å². The first kappa shape index (κ1) is 16.0. The summed E-state index contributed by atoms with van der Waals surface area (Å²) < 4.78 is 36.5. The molecule has 1 fully saturated rings. The van der Waals surface area contributed by atoms with E-state index in [-0.39, 0.29) is 10.9 Å². The van der Waals surface area contributed by atoms with Crippen molar-refractivity contribution in [3.8, 4) is 0 Å². The molecule has 0 radical (unpaired) electrons. The molecule has 2 aromatic rings. The van der Waals surface area contributed by atoms with Crippen LogP contribution in [0.4, 0.5) is 5.69 Å². The molecule has 1 aliphatic heterocycles. The van der Waals surface area contributed by atoms with Crippen molar-refractivity contribution >= 4 is 15.7 Å². The quantitative estimate of drug-likeness (QED) is 0.909. The monoisotopic (exact) mass is 339 g/mol. The van der Waals surface area contributed by atoms with Gasteiger partial charge in [0.05, 0.1) is 29.3 Å². The fraction of sp³-hybridized carbons (Fsp3) is 0.571. The lowest BCUT2D eigenvalue weighted by molar-refractivity contribution is 0.0662. The van der Waals surface area contributed by atoms with Crippen LogP contribution in [0.2, 0.25) is 0 Å². The third-order valence-electron chi connectivity index (χ3n) is 4.13. The van der Waals surface area contributed by atoms with Crippen molar-refractivity contribution in [3.63, 3.8) is 0 Å². The topological polar surface area (TPSA) is 91.0 Å². The number of aryl methyl sites for hydroxylation is 2. The van der Waals surface area contributed by atoms with Crippen molar-refractivity contribution in [1.29, 1.82) is 0 Å². The zero-order chi connectivity index (χ0) is 16.6. The van der Waals surface area contributed by atoms with Gasteiger partial charge in [-0.25, -0.2) is 8.42 Å². The molecule has 3 heterocycles. The molecule has 23 heavy (non-hydrogen) atoms. The Morgan fingerprint density at radius 1 is 1.30 bits per heavy atom. The Labute approximate surface area is 135 Å². The van der Waals surface area contributed by atoms with Gasteiger partial charge in [0.15, 0.2) is 0 Å². The van der Waals surface area contributed by atoms with Crippen molar-refractivity contribution < 1.29 is 13.2 Å². The maximum absolute atomic E-state index is 12.6. The van der Waals surface area contributed by atoms with Crippen molar-refractivity contribution in [2.24, 2.45) is 7.05 Å². The first-order valence-corrected chi connectivity index (χ1v) is 9.01. The van der Waals surface area contributed by atoms with Crippen LogP contribution in [0.1, 0.15) is 30.3 Å². The van der Waals surface area contributed by atoms with E-state index in [4.69, 9.17) is 4.74 Å². The van der Waals surface area contributed by atoms with Gasteiger partial charge in [0, 0.05) is 26.5 Å². The number of sulfonamides is 1. The van der Waals surface area contributed by atoms with Crippen LogP contribution >= 0.6 is 0 Å². The minimum Gasteiger partial charge on any atom is -0.381 e. The number of ether oxygens (including phenoxy) is 1. The largest absolute Gasteiger partial charge is 0.381 e. The maximum atomic E-state index is 12.6. The number of nitrogens with zero attached hydrogens (tertiary/aromatic N) is 4. The third-order valence-corrected chi connectivity index (χ3v) is 5.76. The smallest absolute Gasteiger partial charge is 0.265 e. The average molecular weight is 339 g/mol. The van der Waals surface area contributed by atoms with Gasteiger partial charge in [0.25, 0.3) is 10.0 Å². The van der Waals surface area contributed by atoms with Gasteiger partial charge < -0.3 is 4.74 Å². The first-order chi connectivity index (χ1) is 10.9. The molecule has 0 bridgehead atoms. The molecule has 0 amide bonds. The van der Waals surface area contributed by atoms with E-state index in [0.717, 1.165) is 12.8 Å². The molecule has 0 atom stereocenters. The molecular formula is C14H21N5O3S. The SMILES string of the molecule is Cc1nn(C)c(C)c1S(=O)(=O)Nc1cnn(C2CCOCC2)c1. The van der Waals surface area contributed by atoms with Crippen molar-refractivity contribution in [2.75, 3.05) is 17.9 Å². The van der Waals surface area contributed by atoms with Crippen molar-refractivity contribution in [1.82, 2.24) is 19.6 Å². The number of aromatic nitrogens is 4. The molecule has 0 aliphatic carbocycles. The van der Waals surface area contributed by atoms with Crippen LogP contribution in [-0.2, 0) is 21.8 Å². The number of hydrogen-bond donors (Lipinski definition) is 1. The van der Waals surface area contributed by atoms with Gasteiger partial charge in [0.1, 0.15) is 4.90 Å². The van der Waals surface area contributed by atoms with Gasteiger partial charge in [-0.3, -0.25) is 14.1 Å². The molecule has 0 saturated carbocycles. The molecule has 2 aromatic heterocycles. The molecule has 9 heteroatoms. The van der Waals surface area contributed by atoms with E-state index in [1.54, 1.807) is 31.8 Å². The summed E-state index contributed by atoms with van der Waals surface area (Å²) in [6.45, 7) is 4.84. The summed E-state index contributed by atoms with van der Waals surface area (Å²) in [6.07, 6.45) is 5.03. The second-order valence-electron chi connectivity index (χ2n) is 5.78. The van der Waals surface area contributed by atoms with Crippen molar-refractivity contribution in [2.45, 2.75) is 37.6 Å². The minimum absolute atomic E-state index is 0.221. The fourth-order valence-corrected chi connectivity index (χ4v) is 4.36. The van der Waals surface area contributed by atoms with E-state index in [1.807, 2.05) is 4.68 Å². The first-order valence-electron chi connectivity index (χ1n) is 7.53. The Morgan fingerprint density at radius 2 is 2.00 bits per heavy atom. The molecule has 1 aliphatic rings. The zero-order valence-corrected chi connectivity index (χ0v) is 14.3. The lowest BCUT2D eigenvalue weighted by Crippen LogP contribution is -2.20. The minimum atomic E-state index is -3.68. The Balaban J connectivity index is 1.82. The summed E-state index contributed by atoms with van der Waals surface area (Å²) in [4.78, 5) is 0.221. The van der Waals surface area contributed by atoms with E-state index in [2.05, 4.69) is 14.9 Å². The number of nitrogens with one attached hydrogen (secondary N) is 1. The summed E-state index contributed by atoms with van der Waals surface area (Å²) in [5.41, 5.74) is 1.54. The predicted molar refractivity (Wildman–Crippen MR) is 84.8 cm³/mol. The molecule has 126 valence electrons. The Hall–Kier alpha value is -1.87. The Kier molecular flexibility index (Phi) is 4.15. The molecule has 0 aromatic carbocycles. The Morgan fingerprint density at radius 3 is 2.61 bits per heavy atom. The van der Waals surface area contributed by atoms with E-state index < -0.39 is 10.0 Å². The molecule has 0 unspecified atom stereocenters. The predicted octanol–water partition coefficient (Wildman–Crippen LogP) is 1.39. The highest BCUT2D eigenvalue weighted by Crippen LogP contribution is 2.24. The average Bonchev–Trinajstić information content (AvgIpc) is 3.05. The zero-order valence-electron chi connectivity index (χ0n) is 13.5. The summed E-state index contributed by atoms with van der Waals surface area (Å²) in [7, 11) is -1.96. The van der Waals surface area contributed by atoms with Crippen molar-refractivity contribution in [3.05, 3.63) is 23.8 Å². The van der Waals surface area contributed by atoms with Gasteiger partial charge in [0.2, 0.25) is 0 Å². The van der Waals surface area contributed by atoms with Gasteiger partial charge >= 0.3 is 0 Å². The van der Waals surface area contributed by atoms with E-state index >= 15 is 0 Å². The van der Waals surface area contributed by atoms with Crippen LogP contribution in [0.3, 0.4) is 0 Å². The summed E-state index contributed by atoms with van der Waals surface area (Å²) in [5.74, 6) is 0. The van der Waals surface area contributed by atoms with Gasteiger partial charge in [-0.05, 0) is 26.7 Å². The lowest BCUT2D eigenvalue weighted by atomic mass is 10.1. The number of anilines is 1. The van der Waals surface area contributed by atoms with Crippen LogP contribution in [0.5, 0.6) is 0 Å². The molecule has 3 rings (SSSR count). The van der Waals surface area contributed by atoms with Crippen LogP contribution in [0, 0.1) is 13.8 Å². The molecular weight excluding hydrogens is 318 g/mol. The normalized spacial score (nSPS) is 16.7.